The maximum atomic E-state index is 12.6. The summed E-state index contributed by atoms with van der Waals surface area (Å²) in [7, 11) is 16.4. The number of ether oxygens (including phenoxy) is 1. The van der Waals surface area contributed by atoms with Crippen molar-refractivity contribution in [3.8, 4) is 0 Å². The fourth-order valence-corrected chi connectivity index (χ4v) is 13.5. The number of rotatable bonds is 24. The molecule has 4 aliphatic rings. The smallest absolute Gasteiger partial charge is 0.256 e. The highest BCUT2D eigenvalue weighted by atomic mass is 16.5. The molecule has 11 rings (SSSR count). The molecule has 30 heteroatoms. The summed E-state index contributed by atoms with van der Waals surface area (Å²) in [6, 6.07) is 37.4. The van der Waals surface area contributed by atoms with Crippen molar-refractivity contribution < 1.29 is 43.4 Å². The molecule has 644 valence electrons. The van der Waals surface area contributed by atoms with Gasteiger partial charge in [0.05, 0.1) is 46.0 Å². The lowest BCUT2D eigenvalue weighted by molar-refractivity contribution is 0.0675. The van der Waals surface area contributed by atoms with Crippen molar-refractivity contribution in [3.63, 3.8) is 0 Å². The second kappa shape index (κ2) is 49.2. The third kappa shape index (κ3) is 30.0. The molecule has 7 amide bonds. The zero-order valence-corrected chi connectivity index (χ0v) is 71.8. The molecule has 4 aliphatic heterocycles. The molecular weight excluding hydrogens is 1500 g/mol. The van der Waals surface area contributed by atoms with Crippen LogP contribution in [-0.4, -0.2) is 234 Å². The Morgan fingerprint density at radius 1 is 0.449 bits per heavy atom. The van der Waals surface area contributed by atoms with E-state index in [9.17, 15) is 38.7 Å². The lowest BCUT2D eigenvalue weighted by Crippen LogP contribution is -2.37. The SMILES string of the molecule is CCCNC(=O)c1cc(N)ccc1N(C)C.CCN(CC)CCNC(=O)c1cc(N)ccc1N(C)C.CN(C)C(=O)c1cc(N)ccc1N.COCCCNC(=O)c1cc(N)ccc1N(C)C.Cc1ccc(N)cc1C(=O)N1CCCC1CO.NC(=O)c1cc(N)ccc1N1CCCC1.Nc1ccc(N2CCCC2)c(C(=O)N2CCCC2)c1. The monoisotopic (exact) mass is 1630 g/mol. The van der Waals surface area contributed by atoms with E-state index in [0.717, 1.165) is 144 Å². The third-order valence-corrected chi connectivity index (χ3v) is 20.1. The minimum atomic E-state index is -0.413. The van der Waals surface area contributed by atoms with Crippen LogP contribution >= 0.6 is 0 Å². The lowest BCUT2D eigenvalue weighted by atomic mass is 10.1. The Labute approximate surface area is 698 Å². The first-order chi connectivity index (χ1) is 56.2. The van der Waals surface area contributed by atoms with Crippen molar-refractivity contribution in [2.75, 3.05) is 232 Å². The van der Waals surface area contributed by atoms with Gasteiger partial charge in [-0.2, -0.15) is 0 Å². The van der Waals surface area contributed by atoms with E-state index in [1.54, 1.807) is 98.9 Å². The molecule has 22 N–H and O–H groups in total. The Bertz CT molecular complexity index is 4380. The zero-order valence-electron chi connectivity index (χ0n) is 71.8. The number of aliphatic hydroxyl groups excluding tert-OH is 1. The van der Waals surface area contributed by atoms with E-state index in [0.29, 0.717) is 105 Å². The van der Waals surface area contributed by atoms with Crippen molar-refractivity contribution >= 4 is 115 Å². The van der Waals surface area contributed by atoms with Crippen molar-refractivity contribution in [1.82, 2.24) is 35.6 Å². The molecule has 0 saturated carbocycles. The van der Waals surface area contributed by atoms with Crippen LogP contribution in [0.2, 0.25) is 0 Å². The normalized spacial score (nSPS) is 13.7. The van der Waals surface area contributed by atoms with Crippen LogP contribution in [0, 0.1) is 6.92 Å². The second-order valence-corrected chi connectivity index (χ2v) is 30.1. The van der Waals surface area contributed by atoms with Crippen LogP contribution in [0.5, 0.6) is 0 Å². The molecule has 4 saturated heterocycles. The number of carbonyl (C=O) groups is 7. The number of hydrogen-bond acceptors (Lipinski definition) is 23. The Kier molecular flexibility index (Phi) is 40.3. The molecule has 7 aromatic carbocycles. The van der Waals surface area contributed by atoms with Gasteiger partial charge in [-0.25, -0.2) is 0 Å². The quantitative estimate of drug-likeness (QED) is 0.0198. The number of primary amides is 1. The minimum absolute atomic E-state index is 0.0219. The zero-order chi connectivity index (χ0) is 87.3. The summed E-state index contributed by atoms with van der Waals surface area (Å²) < 4.78 is 4.93. The van der Waals surface area contributed by atoms with Crippen LogP contribution in [0.1, 0.15) is 163 Å². The molecule has 7 aromatic rings. The van der Waals surface area contributed by atoms with Gasteiger partial charge in [0, 0.05) is 222 Å². The number of likely N-dealkylation sites (N-methyl/N-ethyl adjacent to an activating group) is 1. The minimum Gasteiger partial charge on any atom is -0.399 e. The molecule has 4 fully saturated rings. The number of nitrogen functional groups attached to an aromatic ring is 8. The standard InChI is InChI=1S/C15H26N4O.C15H21N3O.C13H21N3O2.C13H18N2O2.C12H19N3O.C11H15N3O.C9H13N3O/c1-5-19(6-2)10-9-17-15(20)13-11-12(16)7-8-14(13)18(3)4;16-12-5-6-14(17-7-1-2-8-17)13(11-12)15(19)18-9-3-4-10-18;1-16(2)12-6-5-10(14)9-11(12)13(17)15-7-4-8-18-3;1-9-4-5-10(14)7-12(9)13(17)15-6-2-3-11(15)8-16;1-4-7-14-12(16)10-8-9(13)5-6-11(10)15(2)3;12-8-3-4-10(9(7-8)11(13)15)14-5-1-2-6-14;1-12(2)9(13)7-5-6(10)3-4-8(7)11/h7-8,11H,5-6,9-10,16H2,1-4H3,(H,17,20);5-6,11H,1-4,7-10,16H2;5-6,9H,4,7-8,14H2,1-3H3,(H,15,17);4-5,7,11,16H,2-3,6,8,14H2,1H3;5-6,8H,4,7,13H2,1-3H3,(H,14,16);3-4,7H,1-2,5-6,12H2,(H2,13,15);3-5H,10-11H2,1-2H3. The molecule has 0 aromatic heterocycles. The summed E-state index contributed by atoms with van der Waals surface area (Å²) in [6.07, 6.45) is 10.5. The molecule has 0 radical (unpaired) electrons. The van der Waals surface area contributed by atoms with Crippen LogP contribution in [0.3, 0.4) is 0 Å². The lowest BCUT2D eigenvalue weighted by Gasteiger charge is -2.24. The molecule has 1 atom stereocenters. The first kappa shape index (κ1) is 96.7. The van der Waals surface area contributed by atoms with E-state index < -0.39 is 5.91 Å². The molecule has 0 spiro atoms. The van der Waals surface area contributed by atoms with E-state index >= 15 is 0 Å². The van der Waals surface area contributed by atoms with E-state index in [-0.39, 0.29) is 48.1 Å². The topological polar surface area (TPSA) is 448 Å². The Balaban J connectivity index is 0.000000246. The number of benzene rings is 7. The van der Waals surface area contributed by atoms with E-state index in [4.69, 9.17) is 56.3 Å². The van der Waals surface area contributed by atoms with Crippen molar-refractivity contribution in [2.45, 2.75) is 97.9 Å². The fourth-order valence-electron chi connectivity index (χ4n) is 13.5. The number of nitrogens with one attached hydrogen (secondary N) is 3. The number of amides is 7. The van der Waals surface area contributed by atoms with Gasteiger partial charge in [-0.1, -0.05) is 26.8 Å². The molecule has 118 heavy (non-hydrogen) atoms. The van der Waals surface area contributed by atoms with Crippen molar-refractivity contribution in [1.29, 1.82) is 0 Å². The second-order valence-electron chi connectivity index (χ2n) is 30.1. The summed E-state index contributed by atoms with van der Waals surface area (Å²) in [4.78, 5) is 102. The van der Waals surface area contributed by atoms with Gasteiger partial charge in [0.2, 0.25) is 0 Å². The highest BCUT2D eigenvalue weighted by Gasteiger charge is 2.30. The summed E-state index contributed by atoms with van der Waals surface area (Å²) in [6.45, 7) is 20.1. The number of aryl methyl sites for hydroxylation is 1. The van der Waals surface area contributed by atoms with Gasteiger partial charge in [0.25, 0.3) is 41.4 Å². The summed E-state index contributed by atoms with van der Waals surface area (Å²) in [5, 5.41) is 17.9. The number of aliphatic hydroxyl groups is 1. The third-order valence-electron chi connectivity index (χ3n) is 20.1. The summed E-state index contributed by atoms with van der Waals surface area (Å²) in [5.74, 6) is -0.680. The van der Waals surface area contributed by atoms with Gasteiger partial charge in [0.15, 0.2) is 0 Å². The van der Waals surface area contributed by atoms with E-state index in [1.807, 2.05) is 130 Å². The van der Waals surface area contributed by atoms with Gasteiger partial charge in [0.1, 0.15) is 0 Å². The highest BCUT2D eigenvalue weighted by Crippen LogP contribution is 2.31. The molecular formula is C88H133N21O9. The average Bonchev–Trinajstić information content (AvgIpc) is 1.54. The molecule has 4 heterocycles. The largest absolute Gasteiger partial charge is 0.399 e. The first-order valence-corrected chi connectivity index (χ1v) is 40.5. The van der Waals surface area contributed by atoms with Crippen LogP contribution < -0.4 is 92.1 Å². The maximum Gasteiger partial charge on any atom is 0.256 e. The van der Waals surface area contributed by atoms with Gasteiger partial charge >= 0.3 is 0 Å². The van der Waals surface area contributed by atoms with E-state index in [1.165, 1.54) is 30.6 Å². The Morgan fingerprint density at radius 3 is 1.25 bits per heavy atom. The van der Waals surface area contributed by atoms with Crippen LogP contribution in [0.25, 0.3) is 0 Å². The highest BCUT2D eigenvalue weighted by molar-refractivity contribution is 6.04. The summed E-state index contributed by atoms with van der Waals surface area (Å²) >= 11 is 0. The number of hydrogen-bond donors (Lipinski definition) is 13. The number of carbonyl (C=O) groups excluding carboxylic acids is 7. The first-order valence-electron chi connectivity index (χ1n) is 40.5. The number of anilines is 13. The Hall–Kier alpha value is -11.9. The molecule has 0 aliphatic carbocycles. The molecule has 1 unspecified atom stereocenters. The number of nitrogens with two attached hydrogens (primary N) is 9. The fraction of sp³-hybridized carbons (Fsp3) is 0.443. The van der Waals surface area contributed by atoms with Crippen LogP contribution in [0.4, 0.5) is 73.9 Å². The number of methoxy groups -OCH3 is 1. The summed E-state index contributed by atoms with van der Waals surface area (Å²) in [5.41, 5.74) is 65.3. The number of likely N-dealkylation sites (tertiary alicyclic amines) is 2. The van der Waals surface area contributed by atoms with Gasteiger partial charge in [-0.05, 0) is 211 Å². The van der Waals surface area contributed by atoms with Crippen LogP contribution in [0.15, 0.2) is 127 Å². The number of nitrogens with zero attached hydrogens (tertiary/aromatic N) is 9. The van der Waals surface area contributed by atoms with Crippen LogP contribution in [-0.2, 0) is 4.74 Å². The predicted molar refractivity (Wildman–Crippen MR) is 485 cm³/mol. The van der Waals surface area contributed by atoms with Gasteiger partial charge < -0.3 is 121 Å². The van der Waals surface area contributed by atoms with Gasteiger partial charge in [-0.3, -0.25) is 33.6 Å². The maximum absolute atomic E-state index is 12.6. The van der Waals surface area contributed by atoms with E-state index in [2.05, 4.69) is 44.5 Å². The molecule has 0 bridgehead atoms. The average molecular weight is 1630 g/mol. The van der Waals surface area contributed by atoms with Crippen molar-refractivity contribution in [3.05, 3.63) is 172 Å². The molecule has 30 nitrogen and oxygen atoms in total. The Morgan fingerprint density at radius 2 is 0.831 bits per heavy atom. The predicted octanol–water partition coefficient (Wildman–Crippen LogP) is 8.78. The van der Waals surface area contributed by atoms with Gasteiger partial charge in [-0.15, -0.1) is 0 Å². The van der Waals surface area contributed by atoms with Crippen molar-refractivity contribution in [2.24, 2.45) is 5.73 Å².